The van der Waals surface area contributed by atoms with Crippen molar-refractivity contribution in [3.8, 4) is 11.1 Å². The van der Waals surface area contributed by atoms with E-state index in [-0.39, 0.29) is 15.7 Å². The number of rotatable bonds is 5. The molecule has 4 aromatic rings. The fraction of sp³-hybridized carbons (Fsp3) is 0.174. The van der Waals surface area contributed by atoms with E-state index >= 15 is 0 Å². The van der Waals surface area contributed by atoms with Gasteiger partial charge in [-0.25, -0.2) is 18.4 Å². The zero-order valence-corrected chi connectivity index (χ0v) is 19.1. The molecule has 8 nitrogen and oxygen atoms in total. The molecule has 3 heterocycles. The quantitative estimate of drug-likeness (QED) is 0.421. The lowest BCUT2D eigenvalue weighted by Gasteiger charge is -2.28. The summed E-state index contributed by atoms with van der Waals surface area (Å²) in [7, 11) is -3.79. The lowest BCUT2D eigenvalue weighted by atomic mass is 10.1. The number of piperazine rings is 1. The third-order valence-corrected chi connectivity index (χ3v) is 7.12. The predicted molar refractivity (Wildman–Crippen MR) is 130 cm³/mol. The molecule has 0 radical (unpaired) electrons. The van der Waals surface area contributed by atoms with Crippen LogP contribution in [0.5, 0.6) is 0 Å². The number of fused-ring (bicyclic) bond motifs is 1. The van der Waals surface area contributed by atoms with Gasteiger partial charge in [0.15, 0.2) is 5.15 Å². The summed E-state index contributed by atoms with van der Waals surface area (Å²) in [5.41, 5.74) is 3.29. The fourth-order valence-corrected chi connectivity index (χ4v) is 4.99. The molecule has 1 saturated heterocycles. The molecule has 1 aliphatic rings. The minimum absolute atomic E-state index is 0.0693. The highest BCUT2D eigenvalue weighted by molar-refractivity contribution is 7.92. The summed E-state index contributed by atoms with van der Waals surface area (Å²) in [6.07, 6.45) is 3.41. The van der Waals surface area contributed by atoms with E-state index in [0.717, 1.165) is 48.6 Å². The average Bonchev–Trinajstić information content (AvgIpc) is 2.85. The van der Waals surface area contributed by atoms with Crippen molar-refractivity contribution < 1.29 is 8.42 Å². The van der Waals surface area contributed by atoms with Crippen molar-refractivity contribution in [1.82, 2.24) is 20.3 Å². The summed E-state index contributed by atoms with van der Waals surface area (Å²) in [5, 5.41) is 3.40. The molecule has 1 fully saturated rings. The Morgan fingerprint density at radius 1 is 0.909 bits per heavy atom. The van der Waals surface area contributed by atoms with Crippen molar-refractivity contribution in [3.63, 3.8) is 0 Å². The standard InChI is InChI=1S/C23H21ClN6O2S/c24-23-21(29-33(31,32)18-4-2-1-3-5-18)13-17(14-27-23)16-6-7-19-20(12-16)28-22(15-26-19)30-10-8-25-9-11-30/h1-7,12-15,25,29H,8-11H2. The third-order valence-electron chi connectivity index (χ3n) is 5.44. The summed E-state index contributed by atoms with van der Waals surface area (Å²) in [4.78, 5) is 15.9. The van der Waals surface area contributed by atoms with Gasteiger partial charge in [0.1, 0.15) is 5.82 Å². The summed E-state index contributed by atoms with van der Waals surface area (Å²) in [5.74, 6) is 0.840. The summed E-state index contributed by atoms with van der Waals surface area (Å²) in [6, 6.07) is 15.5. The molecule has 0 aliphatic carbocycles. The van der Waals surface area contributed by atoms with Crippen LogP contribution in [0.4, 0.5) is 11.5 Å². The lowest BCUT2D eigenvalue weighted by Crippen LogP contribution is -2.43. The first-order valence-corrected chi connectivity index (χ1v) is 12.3. The first kappa shape index (κ1) is 21.6. The van der Waals surface area contributed by atoms with E-state index in [1.54, 1.807) is 36.7 Å². The maximum absolute atomic E-state index is 12.7. The molecule has 1 aliphatic heterocycles. The van der Waals surface area contributed by atoms with Crippen molar-refractivity contribution in [2.24, 2.45) is 0 Å². The molecule has 5 rings (SSSR count). The zero-order chi connectivity index (χ0) is 22.8. The van der Waals surface area contributed by atoms with Crippen LogP contribution in [0.1, 0.15) is 0 Å². The topological polar surface area (TPSA) is 100 Å². The number of benzene rings is 2. The van der Waals surface area contributed by atoms with E-state index in [0.29, 0.717) is 5.56 Å². The monoisotopic (exact) mass is 480 g/mol. The SMILES string of the molecule is O=S(=O)(Nc1cc(-c2ccc3ncc(N4CCNCC4)nc3c2)cnc1Cl)c1ccccc1. The molecule has 2 N–H and O–H groups in total. The molecule has 0 amide bonds. The minimum Gasteiger partial charge on any atom is -0.353 e. The number of anilines is 2. The Morgan fingerprint density at radius 3 is 2.48 bits per heavy atom. The Labute approximate surface area is 196 Å². The van der Waals surface area contributed by atoms with Gasteiger partial charge < -0.3 is 10.2 Å². The third kappa shape index (κ3) is 4.61. The molecular formula is C23H21ClN6O2S. The van der Waals surface area contributed by atoms with Crippen LogP contribution < -0.4 is 14.9 Å². The second-order valence-electron chi connectivity index (χ2n) is 7.65. The molecule has 0 atom stereocenters. The summed E-state index contributed by atoms with van der Waals surface area (Å²) in [6.45, 7) is 3.59. The van der Waals surface area contributed by atoms with Crippen LogP contribution in [0.15, 0.2) is 71.9 Å². The average molecular weight is 481 g/mol. The Bertz CT molecular complexity index is 1410. The molecule has 10 heteroatoms. The number of pyridine rings is 1. The number of hydrogen-bond donors (Lipinski definition) is 2. The number of nitrogens with zero attached hydrogens (tertiary/aromatic N) is 4. The maximum Gasteiger partial charge on any atom is 0.261 e. The predicted octanol–water partition coefficient (Wildman–Crippen LogP) is 3.56. The zero-order valence-electron chi connectivity index (χ0n) is 17.6. The summed E-state index contributed by atoms with van der Waals surface area (Å²) < 4.78 is 28.0. The summed E-state index contributed by atoms with van der Waals surface area (Å²) >= 11 is 6.21. The van der Waals surface area contributed by atoms with E-state index in [1.165, 1.54) is 12.1 Å². The van der Waals surface area contributed by atoms with Crippen LogP contribution in [-0.4, -0.2) is 49.5 Å². The molecule has 33 heavy (non-hydrogen) atoms. The first-order valence-electron chi connectivity index (χ1n) is 10.5. The smallest absolute Gasteiger partial charge is 0.261 e. The van der Waals surface area contributed by atoms with E-state index in [1.807, 2.05) is 18.2 Å². The normalized spacial score (nSPS) is 14.4. The van der Waals surface area contributed by atoms with Crippen molar-refractivity contribution >= 4 is 44.2 Å². The van der Waals surface area contributed by atoms with Gasteiger partial charge in [-0.3, -0.25) is 9.71 Å². The molecule has 2 aromatic heterocycles. The van der Waals surface area contributed by atoms with Gasteiger partial charge in [0.05, 0.1) is 27.8 Å². The van der Waals surface area contributed by atoms with Gasteiger partial charge in [0.25, 0.3) is 10.0 Å². The fourth-order valence-electron chi connectivity index (χ4n) is 3.71. The second-order valence-corrected chi connectivity index (χ2v) is 9.69. The van der Waals surface area contributed by atoms with Gasteiger partial charge in [-0.05, 0) is 35.9 Å². The second kappa shape index (κ2) is 8.93. The molecule has 2 aromatic carbocycles. The first-order chi connectivity index (χ1) is 16.0. The van der Waals surface area contributed by atoms with Crippen LogP contribution in [0.25, 0.3) is 22.2 Å². The molecule has 168 valence electrons. The molecule has 0 spiro atoms. The number of sulfonamides is 1. The highest BCUT2D eigenvalue weighted by atomic mass is 35.5. The number of nitrogens with one attached hydrogen (secondary N) is 2. The van der Waals surface area contributed by atoms with Crippen molar-refractivity contribution in [1.29, 1.82) is 0 Å². The van der Waals surface area contributed by atoms with Crippen LogP contribution in [-0.2, 0) is 10.0 Å². The van der Waals surface area contributed by atoms with Crippen LogP contribution >= 0.6 is 11.6 Å². The Kier molecular flexibility index (Phi) is 5.84. The van der Waals surface area contributed by atoms with E-state index in [2.05, 4.69) is 24.9 Å². The molecule has 0 bridgehead atoms. The van der Waals surface area contributed by atoms with Crippen molar-refractivity contribution in [3.05, 3.63) is 72.1 Å². The van der Waals surface area contributed by atoms with E-state index < -0.39 is 10.0 Å². The van der Waals surface area contributed by atoms with Crippen molar-refractivity contribution in [2.75, 3.05) is 35.8 Å². The van der Waals surface area contributed by atoms with Crippen LogP contribution in [0.3, 0.4) is 0 Å². The molecular weight excluding hydrogens is 460 g/mol. The number of halogens is 1. The van der Waals surface area contributed by atoms with Gasteiger partial charge in [-0.15, -0.1) is 0 Å². The van der Waals surface area contributed by atoms with Crippen LogP contribution in [0.2, 0.25) is 5.15 Å². The Balaban J connectivity index is 1.48. The Morgan fingerprint density at radius 2 is 1.70 bits per heavy atom. The minimum atomic E-state index is -3.79. The maximum atomic E-state index is 12.7. The van der Waals surface area contributed by atoms with E-state index in [4.69, 9.17) is 16.6 Å². The number of aromatic nitrogens is 3. The van der Waals surface area contributed by atoms with Crippen LogP contribution in [0, 0.1) is 0 Å². The van der Waals surface area contributed by atoms with Gasteiger partial charge in [0.2, 0.25) is 0 Å². The lowest BCUT2D eigenvalue weighted by molar-refractivity contribution is 0.585. The largest absolute Gasteiger partial charge is 0.353 e. The molecule has 0 unspecified atom stereocenters. The molecule has 0 saturated carbocycles. The highest BCUT2D eigenvalue weighted by Gasteiger charge is 2.17. The van der Waals surface area contributed by atoms with Gasteiger partial charge in [-0.2, -0.15) is 0 Å². The number of hydrogen-bond acceptors (Lipinski definition) is 7. The highest BCUT2D eigenvalue weighted by Crippen LogP contribution is 2.30. The van der Waals surface area contributed by atoms with E-state index in [9.17, 15) is 8.42 Å². The van der Waals surface area contributed by atoms with Crippen molar-refractivity contribution in [2.45, 2.75) is 4.90 Å². The van der Waals surface area contributed by atoms with Gasteiger partial charge in [-0.1, -0.05) is 35.9 Å². The van der Waals surface area contributed by atoms with Gasteiger partial charge in [0, 0.05) is 37.9 Å². The Hall–Kier alpha value is -3.27. The van der Waals surface area contributed by atoms with Gasteiger partial charge >= 0.3 is 0 Å².